The molecule has 0 saturated carbocycles. The number of hydrogen-bond acceptors (Lipinski definition) is 7. The first-order valence-electron chi connectivity index (χ1n) is 8.79. The summed E-state index contributed by atoms with van der Waals surface area (Å²) in [6.07, 6.45) is 0. The normalized spacial score (nSPS) is 10.4. The summed E-state index contributed by atoms with van der Waals surface area (Å²) < 4.78 is 15.3. The van der Waals surface area contributed by atoms with Crippen molar-refractivity contribution in [1.29, 1.82) is 0 Å². The number of esters is 1. The second-order valence-electron chi connectivity index (χ2n) is 6.42. The van der Waals surface area contributed by atoms with Crippen LogP contribution in [0.2, 0.25) is 0 Å². The lowest BCUT2D eigenvalue weighted by Gasteiger charge is -2.11. The van der Waals surface area contributed by atoms with Gasteiger partial charge in [0, 0.05) is 12.0 Å². The summed E-state index contributed by atoms with van der Waals surface area (Å²) in [5.74, 6) is -0.636. The van der Waals surface area contributed by atoms with Crippen molar-refractivity contribution in [2.24, 2.45) is 5.92 Å². The Bertz CT molecular complexity index is 935. The van der Waals surface area contributed by atoms with Crippen LogP contribution in [0.15, 0.2) is 18.2 Å². The summed E-state index contributed by atoms with van der Waals surface area (Å²) in [6.45, 7) is 5.10. The van der Waals surface area contributed by atoms with Gasteiger partial charge in [-0.3, -0.25) is 9.59 Å². The van der Waals surface area contributed by atoms with Gasteiger partial charge in [-0.15, -0.1) is 11.3 Å². The van der Waals surface area contributed by atoms with Crippen molar-refractivity contribution in [1.82, 2.24) is 0 Å². The van der Waals surface area contributed by atoms with E-state index in [2.05, 4.69) is 10.6 Å². The van der Waals surface area contributed by atoms with Crippen LogP contribution in [0.4, 0.5) is 10.7 Å². The van der Waals surface area contributed by atoms with E-state index >= 15 is 0 Å². The molecule has 0 saturated heterocycles. The first-order valence-corrected chi connectivity index (χ1v) is 9.61. The zero-order chi connectivity index (χ0) is 21.7. The fraction of sp³-hybridized carbons (Fsp3) is 0.350. The van der Waals surface area contributed by atoms with Crippen LogP contribution in [-0.4, -0.2) is 39.1 Å². The van der Waals surface area contributed by atoms with Gasteiger partial charge in [0.05, 0.1) is 37.5 Å². The van der Waals surface area contributed by atoms with E-state index in [4.69, 9.17) is 14.2 Å². The zero-order valence-corrected chi connectivity index (χ0v) is 18.0. The highest BCUT2D eigenvalue weighted by atomic mass is 32.1. The van der Waals surface area contributed by atoms with Gasteiger partial charge in [-0.2, -0.15) is 0 Å². The molecule has 8 nitrogen and oxygen atoms in total. The van der Waals surface area contributed by atoms with Gasteiger partial charge < -0.3 is 24.8 Å². The Labute approximate surface area is 173 Å². The van der Waals surface area contributed by atoms with E-state index in [0.29, 0.717) is 22.7 Å². The number of carbonyl (C=O) groups excluding carboxylic acids is 3. The van der Waals surface area contributed by atoms with Gasteiger partial charge in [-0.25, -0.2) is 4.79 Å². The number of hydrogen-bond donors (Lipinski definition) is 2. The predicted molar refractivity (Wildman–Crippen MR) is 111 cm³/mol. The van der Waals surface area contributed by atoms with Crippen molar-refractivity contribution in [3.8, 4) is 11.5 Å². The number of benzene rings is 1. The van der Waals surface area contributed by atoms with Gasteiger partial charge >= 0.3 is 5.97 Å². The van der Waals surface area contributed by atoms with Crippen LogP contribution >= 0.6 is 11.3 Å². The molecule has 0 spiro atoms. The van der Waals surface area contributed by atoms with Gasteiger partial charge in [0.2, 0.25) is 5.91 Å². The molecule has 1 heterocycles. The molecule has 1 aromatic heterocycles. The summed E-state index contributed by atoms with van der Waals surface area (Å²) in [6, 6.07) is 5.01. The number of carbonyl (C=O) groups is 3. The summed E-state index contributed by atoms with van der Waals surface area (Å²) in [5.41, 5.74) is 0.992. The Morgan fingerprint density at radius 3 is 2.28 bits per heavy atom. The predicted octanol–water partition coefficient (Wildman–Crippen LogP) is 3.71. The van der Waals surface area contributed by atoms with Gasteiger partial charge in [0.1, 0.15) is 16.5 Å². The number of ether oxygens (including phenoxy) is 3. The average Bonchev–Trinajstić information content (AvgIpc) is 3.03. The molecule has 0 unspecified atom stereocenters. The maximum atomic E-state index is 12.9. The lowest BCUT2D eigenvalue weighted by molar-refractivity contribution is -0.118. The van der Waals surface area contributed by atoms with Crippen molar-refractivity contribution >= 4 is 39.8 Å². The summed E-state index contributed by atoms with van der Waals surface area (Å²) in [5, 5.41) is 5.74. The van der Waals surface area contributed by atoms with Crippen LogP contribution in [0.1, 0.15) is 39.4 Å². The summed E-state index contributed by atoms with van der Waals surface area (Å²) in [4.78, 5) is 37.6. The van der Waals surface area contributed by atoms with Gasteiger partial charge in [-0.05, 0) is 24.6 Å². The van der Waals surface area contributed by atoms with Crippen LogP contribution in [0.25, 0.3) is 0 Å². The van der Waals surface area contributed by atoms with Crippen LogP contribution in [0.3, 0.4) is 0 Å². The van der Waals surface area contributed by atoms with Crippen LogP contribution < -0.4 is 20.1 Å². The molecule has 0 atom stereocenters. The molecule has 0 aliphatic carbocycles. The Hall–Kier alpha value is -3.07. The largest absolute Gasteiger partial charge is 0.497 e. The third-order valence-electron chi connectivity index (χ3n) is 4.16. The topological polar surface area (TPSA) is 103 Å². The Morgan fingerprint density at radius 1 is 1.03 bits per heavy atom. The van der Waals surface area contributed by atoms with E-state index < -0.39 is 11.9 Å². The van der Waals surface area contributed by atoms with Crippen molar-refractivity contribution in [2.75, 3.05) is 32.0 Å². The second-order valence-corrected chi connectivity index (χ2v) is 7.44. The maximum Gasteiger partial charge on any atom is 0.341 e. The number of anilines is 2. The van der Waals surface area contributed by atoms with E-state index in [1.54, 1.807) is 39.0 Å². The van der Waals surface area contributed by atoms with Gasteiger partial charge in [0.15, 0.2) is 0 Å². The first-order chi connectivity index (χ1) is 13.7. The minimum atomic E-state index is -0.629. The van der Waals surface area contributed by atoms with Crippen molar-refractivity contribution < 1.29 is 28.6 Å². The Kier molecular flexibility index (Phi) is 7.22. The molecule has 0 aliphatic heterocycles. The lowest BCUT2D eigenvalue weighted by Crippen LogP contribution is -2.19. The van der Waals surface area contributed by atoms with Gasteiger partial charge in [-0.1, -0.05) is 13.8 Å². The highest BCUT2D eigenvalue weighted by Crippen LogP contribution is 2.36. The van der Waals surface area contributed by atoms with Crippen molar-refractivity contribution in [3.63, 3.8) is 0 Å². The van der Waals surface area contributed by atoms with Crippen molar-refractivity contribution in [2.45, 2.75) is 20.8 Å². The molecule has 2 amide bonds. The zero-order valence-electron chi connectivity index (χ0n) is 17.2. The second kappa shape index (κ2) is 9.42. The van der Waals surface area contributed by atoms with Gasteiger partial charge in [0.25, 0.3) is 5.91 Å². The monoisotopic (exact) mass is 420 g/mol. The summed E-state index contributed by atoms with van der Waals surface area (Å²) >= 11 is 1.01. The van der Waals surface area contributed by atoms with Crippen LogP contribution in [-0.2, 0) is 9.53 Å². The molecule has 0 aliphatic rings. The SMILES string of the molecule is COC(=O)c1c(NC(=O)C(C)C)sc(C(=O)Nc2cc(OC)ccc2OC)c1C. The summed E-state index contributed by atoms with van der Waals surface area (Å²) in [7, 11) is 4.25. The third kappa shape index (κ3) is 4.86. The van der Waals surface area contributed by atoms with Crippen LogP contribution in [0, 0.1) is 12.8 Å². The fourth-order valence-electron chi connectivity index (χ4n) is 2.51. The molecule has 2 N–H and O–H groups in total. The first kappa shape index (κ1) is 22.2. The number of thiophene rings is 1. The van der Waals surface area contributed by atoms with E-state index in [1.165, 1.54) is 21.3 Å². The van der Waals surface area contributed by atoms with E-state index in [-0.39, 0.29) is 27.3 Å². The molecule has 156 valence electrons. The molecule has 29 heavy (non-hydrogen) atoms. The Morgan fingerprint density at radius 2 is 1.72 bits per heavy atom. The average molecular weight is 420 g/mol. The molecule has 0 radical (unpaired) electrons. The minimum Gasteiger partial charge on any atom is -0.497 e. The molecule has 1 aromatic carbocycles. The molecular formula is C20H24N2O6S. The van der Waals surface area contributed by atoms with Crippen LogP contribution in [0.5, 0.6) is 11.5 Å². The molecule has 0 fully saturated rings. The van der Waals surface area contributed by atoms with E-state index in [0.717, 1.165) is 11.3 Å². The number of nitrogens with one attached hydrogen (secondary N) is 2. The van der Waals surface area contributed by atoms with E-state index in [9.17, 15) is 14.4 Å². The number of amides is 2. The Balaban J connectivity index is 2.44. The quantitative estimate of drug-likeness (QED) is 0.662. The van der Waals surface area contributed by atoms with E-state index in [1.807, 2.05) is 0 Å². The highest BCUT2D eigenvalue weighted by molar-refractivity contribution is 7.19. The number of rotatable bonds is 7. The lowest BCUT2D eigenvalue weighted by atomic mass is 10.1. The highest BCUT2D eigenvalue weighted by Gasteiger charge is 2.27. The molecular weight excluding hydrogens is 396 g/mol. The standard InChI is InChI=1S/C20H24N2O6S/c1-10(2)17(23)22-19-15(20(25)28-6)11(3)16(29-19)18(24)21-13-9-12(26-4)7-8-14(13)27-5/h7-10H,1-6H3,(H,21,24)(H,22,23). The molecule has 9 heteroatoms. The third-order valence-corrected chi connectivity index (χ3v) is 5.36. The maximum absolute atomic E-state index is 12.9. The molecule has 2 aromatic rings. The molecule has 0 bridgehead atoms. The molecule has 2 rings (SSSR count). The fourth-order valence-corrected chi connectivity index (χ4v) is 3.61. The minimum absolute atomic E-state index is 0.161. The number of methoxy groups -OCH3 is 3. The van der Waals surface area contributed by atoms with Crippen molar-refractivity contribution in [3.05, 3.63) is 34.2 Å². The smallest absolute Gasteiger partial charge is 0.341 e.